The first-order valence-corrected chi connectivity index (χ1v) is 15.3. The van der Waals surface area contributed by atoms with Gasteiger partial charge in [-0.25, -0.2) is 18.1 Å². The zero-order valence-electron chi connectivity index (χ0n) is 25.2. The van der Waals surface area contributed by atoms with E-state index in [9.17, 15) is 23.8 Å². The molecule has 2 aromatic heterocycles. The van der Waals surface area contributed by atoms with Crippen LogP contribution in [-0.2, 0) is 9.53 Å². The Morgan fingerprint density at radius 3 is 2.20 bits per heavy atom. The van der Waals surface area contributed by atoms with Crippen molar-refractivity contribution in [3.05, 3.63) is 72.6 Å². The van der Waals surface area contributed by atoms with Crippen LogP contribution in [0.4, 0.5) is 8.78 Å². The van der Waals surface area contributed by atoms with Gasteiger partial charge in [0.1, 0.15) is 41.3 Å². The summed E-state index contributed by atoms with van der Waals surface area (Å²) >= 11 is 0. The number of amides is 1. The van der Waals surface area contributed by atoms with Gasteiger partial charge in [0.2, 0.25) is 0 Å². The average molecular weight is 622 g/mol. The van der Waals surface area contributed by atoms with Crippen molar-refractivity contribution < 1.29 is 28.5 Å². The van der Waals surface area contributed by atoms with Crippen molar-refractivity contribution >= 4 is 5.91 Å². The summed E-state index contributed by atoms with van der Waals surface area (Å²) in [5.74, 6) is -0.978. The van der Waals surface area contributed by atoms with Crippen LogP contribution in [0.3, 0.4) is 0 Å². The van der Waals surface area contributed by atoms with Crippen LogP contribution in [0.5, 0.6) is 0 Å². The largest absolute Gasteiger partial charge is 0.394 e. The van der Waals surface area contributed by atoms with Gasteiger partial charge >= 0.3 is 0 Å². The number of rotatable bonds is 8. The summed E-state index contributed by atoms with van der Waals surface area (Å²) in [6, 6.07) is 11.2. The van der Waals surface area contributed by atoms with Gasteiger partial charge in [-0.3, -0.25) is 4.79 Å². The SMILES string of the molecule is CC(C)N(C(=O)[C@H]1C[C@@H](n2cc(-c3cccc(F)c3)nn2)[C@@H](O)[C@@H](CO)O1)[C@@H]1CCC[C@H](n2cc(-c3cccc(F)c3)nn2)C1. The van der Waals surface area contributed by atoms with E-state index in [1.165, 1.54) is 28.9 Å². The second-order valence-electron chi connectivity index (χ2n) is 12.1. The summed E-state index contributed by atoms with van der Waals surface area (Å²) in [5, 5.41) is 38.1. The lowest BCUT2D eigenvalue weighted by Gasteiger charge is -2.44. The van der Waals surface area contributed by atoms with Crippen molar-refractivity contribution in [2.45, 2.75) is 88.4 Å². The first kappa shape index (κ1) is 30.9. The molecule has 1 aliphatic heterocycles. The third-order valence-corrected chi connectivity index (χ3v) is 8.82. The third kappa shape index (κ3) is 6.51. The lowest BCUT2D eigenvalue weighted by Crippen LogP contribution is -2.56. The number of hydrogen-bond donors (Lipinski definition) is 2. The highest BCUT2D eigenvalue weighted by Gasteiger charge is 2.45. The number of benzene rings is 2. The molecule has 0 bridgehead atoms. The highest BCUT2D eigenvalue weighted by Crippen LogP contribution is 2.36. The summed E-state index contributed by atoms with van der Waals surface area (Å²) in [6.45, 7) is 3.43. The average Bonchev–Trinajstić information content (AvgIpc) is 3.72. The second kappa shape index (κ2) is 13.1. The summed E-state index contributed by atoms with van der Waals surface area (Å²) in [6.07, 6.45) is 3.63. The van der Waals surface area contributed by atoms with E-state index < -0.39 is 36.8 Å². The Kier molecular flexibility index (Phi) is 9.02. The van der Waals surface area contributed by atoms with Crippen molar-refractivity contribution in [2.75, 3.05) is 6.61 Å². The monoisotopic (exact) mass is 621 g/mol. The fraction of sp³-hybridized carbons (Fsp3) is 0.469. The Hall–Kier alpha value is -4.07. The molecule has 0 radical (unpaired) electrons. The van der Waals surface area contributed by atoms with E-state index in [1.54, 1.807) is 30.5 Å². The van der Waals surface area contributed by atoms with Gasteiger partial charge < -0.3 is 19.8 Å². The zero-order chi connectivity index (χ0) is 31.7. The lowest BCUT2D eigenvalue weighted by atomic mass is 9.88. The minimum atomic E-state index is -1.15. The zero-order valence-corrected chi connectivity index (χ0v) is 25.2. The van der Waals surface area contributed by atoms with Crippen molar-refractivity contribution in [3.63, 3.8) is 0 Å². The van der Waals surface area contributed by atoms with Crippen molar-refractivity contribution in [1.82, 2.24) is 34.9 Å². The number of aromatic nitrogens is 6. The van der Waals surface area contributed by atoms with E-state index in [0.29, 0.717) is 28.9 Å². The van der Waals surface area contributed by atoms with E-state index in [0.717, 1.165) is 19.3 Å². The molecule has 1 aliphatic carbocycles. The normalized spacial score (nSPS) is 25.4. The fourth-order valence-corrected chi connectivity index (χ4v) is 6.64. The Labute approximate surface area is 259 Å². The van der Waals surface area contributed by atoms with Gasteiger partial charge in [-0.15, -0.1) is 10.2 Å². The molecule has 238 valence electrons. The predicted octanol–water partition coefficient (Wildman–Crippen LogP) is 3.95. The number of ether oxygens (including phenoxy) is 1. The Morgan fingerprint density at radius 1 is 0.978 bits per heavy atom. The first-order chi connectivity index (χ1) is 21.7. The Bertz CT molecular complexity index is 1630. The van der Waals surface area contributed by atoms with Crippen LogP contribution in [-0.4, -0.2) is 88.0 Å². The van der Waals surface area contributed by atoms with E-state index in [-0.39, 0.29) is 36.3 Å². The third-order valence-electron chi connectivity index (χ3n) is 8.82. The molecule has 4 aromatic rings. The molecule has 1 saturated carbocycles. The summed E-state index contributed by atoms with van der Waals surface area (Å²) in [7, 11) is 0. The van der Waals surface area contributed by atoms with E-state index in [4.69, 9.17) is 4.74 Å². The second-order valence-corrected chi connectivity index (χ2v) is 12.1. The van der Waals surface area contributed by atoms with Gasteiger partial charge in [0.05, 0.1) is 31.1 Å². The smallest absolute Gasteiger partial charge is 0.252 e. The van der Waals surface area contributed by atoms with Gasteiger partial charge in [-0.1, -0.05) is 34.7 Å². The molecule has 0 unspecified atom stereocenters. The summed E-state index contributed by atoms with van der Waals surface area (Å²) < 4.78 is 36.9. The van der Waals surface area contributed by atoms with Crippen LogP contribution in [0.1, 0.15) is 58.0 Å². The molecule has 0 spiro atoms. The number of nitrogens with zero attached hydrogens (tertiary/aromatic N) is 7. The summed E-state index contributed by atoms with van der Waals surface area (Å²) in [5.41, 5.74) is 2.18. The van der Waals surface area contributed by atoms with Crippen LogP contribution in [0, 0.1) is 11.6 Å². The van der Waals surface area contributed by atoms with Crippen molar-refractivity contribution in [3.8, 4) is 22.5 Å². The van der Waals surface area contributed by atoms with Crippen LogP contribution >= 0.6 is 0 Å². The van der Waals surface area contributed by atoms with Gasteiger partial charge in [0.15, 0.2) is 0 Å². The summed E-state index contributed by atoms with van der Waals surface area (Å²) in [4.78, 5) is 16.0. The van der Waals surface area contributed by atoms with Gasteiger partial charge in [-0.05, 0) is 63.8 Å². The number of aliphatic hydroxyl groups is 2. The van der Waals surface area contributed by atoms with Crippen molar-refractivity contribution in [2.24, 2.45) is 0 Å². The molecular weight excluding hydrogens is 584 g/mol. The first-order valence-electron chi connectivity index (χ1n) is 15.3. The molecule has 11 nitrogen and oxygen atoms in total. The van der Waals surface area contributed by atoms with E-state index in [2.05, 4.69) is 20.6 Å². The van der Waals surface area contributed by atoms with E-state index >= 15 is 0 Å². The maximum Gasteiger partial charge on any atom is 0.252 e. The van der Waals surface area contributed by atoms with Gasteiger partial charge in [0.25, 0.3) is 5.91 Å². The molecule has 6 atom stereocenters. The molecule has 1 amide bonds. The minimum absolute atomic E-state index is 0.00367. The highest BCUT2D eigenvalue weighted by molar-refractivity contribution is 5.82. The number of halogens is 2. The Morgan fingerprint density at radius 2 is 1.60 bits per heavy atom. The lowest BCUT2D eigenvalue weighted by molar-refractivity contribution is -0.182. The Balaban J connectivity index is 1.20. The highest BCUT2D eigenvalue weighted by atomic mass is 19.1. The molecule has 2 aromatic carbocycles. The molecular formula is C32H37F2N7O4. The van der Waals surface area contributed by atoms with Crippen LogP contribution in [0.2, 0.25) is 0 Å². The number of hydrogen-bond acceptors (Lipinski definition) is 8. The topological polar surface area (TPSA) is 131 Å². The number of aliphatic hydroxyl groups excluding tert-OH is 2. The molecule has 45 heavy (non-hydrogen) atoms. The molecule has 2 N–H and O–H groups in total. The quantitative estimate of drug-likeness (QED) is 0.303. The van der Waals surface area contributed by atoms with Gasteiger partial charge in [-0.2, -0.15) is 0 Å². The standard InChI is InChI=1S/C32H37F2N7O4/c1-19(2)41(25-11-5-10-24(14-25)39-16-26(35-37-39)20-6-3-8-22(33)12-20)32(44)29-15-28(31(43)30(18-42)45-29)40-17-27(36-38-40)21-7-4-9-23(34)13-21/h3-4,6-9,12-13,16-17,19,24-25,28-31,42-43H,5,10-11,14-15,18H2,1-2H3/t24-,25+,28+,29+,30+,31+/m0/s1. The molecule has 1 saturated heterocycles. The van der Waals surface area contributed by atoms with Crippen LogP contribution < -0.4 is 0 Å². The maximum atomic E-state index is 14.2. The van der Waals surface area contributed by atoms with Crippen LogP contribution in [0.15, 0.2) is 60.9 Å². The molecule has 6 rings (SSSR count). The van der Waals surface area contributed by atoms with Crippen molar-refractivity contribution in [1.29, 1.82) is 0 Å². The molecule has 13 heteroatoms. The fourth-order valence-electron chi connectivity index (χ4n) is 6.64. The van der Waals surface area contributed by atoms with Gasteiger partial charge in [0, 0.05) is 29.6 Å². The van der Waals surface area contributed by atoms with E-state index in [1.807, 2.05) is 29.6 Å². The van der Waals surface area contributed by atoms with Crippen LogP contribution in [0.25, 0.3) is 22.5 Å². The molecule has 2 aliphatic rings. The molecule has 2 fully saturated rings. The number of carbonyl (C=O) groups is 1. The molecule has 3 heterocycles. The number of carbonyl (C=O) groups excluding carboxylic acids is 1. The maximum absolute atomic E-state index is 14.2. The predicted molar refractivity (Wildman–Crippen MR) is 160 cm³/mol. The minimum Gasteiger partial charge on any atom is -0.394 e.